The number of halogens is 3. The second-order valence-corrected chi connectivity index (χ2v) is 6.28. The average molecular weight is 353 g/mol. The lowest BCUT2D eigenvalue weighted by Crippen LogP contribution is -2.39. The number of benzene rings is 1. The Bertz CT molecular complexity index is 775. The summed E-state index contributed by atoms with van der Waals surface area (Å²) in [5.41, 5.74) is 5.66. The Balaban J connectivity index is 1.76. The lowest BCUT2D eigenvalue weighted by Gasteiger charge is -2.32. The lowest BCUT2D eigenvalue weighted by atomic mass is 9.81. The Labute approximate surface area is 142 Å². The molecule has 1 aromatic heterocycles. The zero-order valence-electron chi connectivity index (χ0n) is 13.5. The molecule has 0 atom stereocenters. The van der Waals surface area contributed by atoms with Crippen LogP contribution in [0.1, 0.15) is 24.1 Å². The summed E-state index contributed by atoms with van der Waals surface area (Å²) in [5.74, 6) is 0.309. The van der Waals surface area contributed by atoms with Gasteiger partial charge in [-0.15, -0.1) is 10.2 Å². The van der Waals surface area contributed by atoms with Gasteiger partial charge < -0.3 is 16.2 Å². The second-order valence-electron chi connectivity index (χ2n) is 6.28. The zero-order valence-corrected chi connectivity index (χ0v) is 13.5. The van der Waals surface area contributed by atoms with E-state index in [2.05, 4.69) is 20.5 Å². The maximum Gasteiger partial charge on any atom is 0.416 e. The SMILES string of the molecule is Cc1nc(NCC2CC(N)C2)nnc1-c1ccc(C(F)(F)F)cc1O. The van der Waals surface area contributed by atoms with Crippen molar-refractivity contribution in [3.05, 3.63) is 29.5 Å². The first-order valence-corrected chi connectivity index (χ1v) is 7.85. The molecule has 1 aromatic carbocycles. The number of rotatable bonds is 4. The van der Waals surface area contributed by atoms with Crippen molar-refractivity contribution in [2.24, 2.45) is 11.7 Å². The fraction of sp³-hybridized carbons (Fsp3) is 0.438. The molecule has 1 fully saturated rings. The number of nitrogens with zero attached hydrogens (tertiary/aromatic N) is 3. The molecular formula is C16H18F3N5O. The maximum absolute atomic E-state index is 12.7. The van der Waals surface area contributed by atoms with Gasteiger partial charge in [-0.3, -0.25) is 0 Å². The van der Waals surface area contributed by atoms with Crippen LogP contribution in [0.5, 0.6) is 5.75 Å². The van der Waals surface area contributed by atoms with Gasteiger partial charge in [0.1, 0.15) is 11.4 Å². The number of phenolic OH excluding ortho intramolecular Hbond substituents is 1. The number of anilines is 1. The van der Waals surface area contributed by atoms with E-state index in [1.54, 1.807) is 6.92 Å². The highest BCUT2D eigenvalue weighted by atomic mass is 19.4. The molecular weight excluding hydrogens is 335 g/mol. The van der Waals surface area contributed by atoms with Crippen molar-refractivity contribution in [1.82, 2.24) is 15.2 Å². The quantitative estimate of drug-likeness (QED) is 0.782. The van der Waals surface area contributed by atoms with Crippen molar-refractivity contribution < 1.29 is 18.3 Å². The van der Waals surface area contributed by atoms with Crippen molar-refractivity contribution >= 4 is 5.95 Å². The molecule has 1 saturated carbocycles. The highest BCUT2D eigenvalue weighted by Crippen LogP contribution is 2.36. The molecule has 0 aliphatic heterocycles. The van der Waals surface area contributed by atoms with Crippen LogP contribution < -0.4 is 11.1 Å². The van der Waals surface area contributed by atoms with Gasteiger partial charge in [-0.2, -0.15) is 13.2 Å². The normalized spacial score (nSPS) is 20.2. The standard InChI is InChI=1S/C16H18F3N5O/c1-8-14(12-3-2-10(6-13(12)25)16(17,18)19)23-24-15(22-8)21-7-9-4-11(20)5-9/h2-3,6,9,11,25H,4-5,7,20H2,1H3,(H,21,22,24). The molecule has 134 valence electrons. The Hall–Kier alpha value is -2.42. The first-order chi connectivity index (χ1) is 11.7. The van der Waals surface area contributed by atoms with E-state index in [0.717, 1.165) is 18.9 Å². The van der Waals surface area contributed by atoms with Gasteiger partial charge in [-0.1, -0.05) is 0 Å². The molecule has 0 radical (unpaired) electrons. The maximum atomic E-state index is 12.7. The van der Waals surface area contributed by atoms with Crippen LogP contribution >= 0.6 is 0 Å². The summed E-state index contributed by atoms with van der Waals surface area (Å²) >= 11 is 0. The van der Waals surface area contributed by atoms with Gasteiger partial charge in [0, 0.05) is 18.2 Å². The minimum Gasteiger partial charge on any atom is -0.507 e. The summed E-state index contributed by atoms with van der Waals surface area (Å²) in [6.45, 7) is 2.35. The number of aryl methyl sites for hydroxylation is 1. The van der Waals surface area contributed by atoms with Gasteiger partial charge in [-0.05, 0) is 43.9 Å². The van der Waals surface area contributed by atoms with E-state index in [-0.39, 0.29) is 17.3 Å². The van der Waals surface area contributed by atoms with Crippen LogP contribution in [0, 0.1) is 12.8 Å². The molecule has 4 N–H and O–H groups in total. The van der Waals surface area contributed by atoms with Gasteiger partial charge >= 0.3 is 6.18 Å². The third kappa shape index (κ3) is 3.81. The monoisotopic (exact) mass is 353 g/mol. The van der Waals surface area contributed by atoms with E-state index in [1.165, 1.54) is 6.07 Å². The summed E-state index contributed by atoms with van der Waals surface area (Å²) in [4.78, 5) is 4.26. The van der Waals surface area contributed by atoms with Gasteiger partial charge in [0.15, 0.2) is 0 Å². The van der Waals surface area contributed by atoms with Crippen molar-refractivity contribution in [2.45, 2.75) is 32.0 Å². The Morgan fingerprint density at radius 2 is 2.00 bits per heavy atom. The Kier molecular flexibility index (Phi) is 4.51. The molecule has 0 bridgehead atoms. The fourth-order valence-electron chi connectivity index (χ4n) is 2.83. The number of alkyl halides is 3. The van der Waals surface area contributed by atoms with Crippen molar-refractivity contribution in [3.8, 4) is 17.0 Å². The van der Waals surface area contributed by atoms with Crippen LogP contribution in [0.15, 0.2) is 18.2 Å². The van der Waals surface area contributed by atoms with Gasteiger partial charge in [0.2, 0.25) is 5.95 Å². The Morgan fingerprint density at radius 3 is 2.56 bits per heavy atom. The highest BCUT2D eigenvalue weighted by molar-refractivity contribution is 5.69. The van der Waals surface area contributed by atoms with E-state index in [4.69, 9.17) is 5.73 Å². The minimum absolute atomic E-state index is 0.155. The number of aromatic nitrogens is 3. The highest BCUT2D eigenvalue weighted by Gasteiger charge is 2.31. The summed E-state index contributed by atoms with van der Waals surface area (Å²) in [6.07, 6.45) is -2.61. The molecule has 0 unspecified atom stereocenters. The molecule has 2 aromatic rings. The van der Waals surface area contributed by atoms with E-state index in [1.807, 2.05) is 0 Å². The lowest BCUT2D eigenvalue weighted by molar-refractivity contribution is -0.137. The first kappa shape index (κ1) is 17.4. The number of hydrogen-bond acceptors (Lipinski definition) is 6. The molecule has 1 aliphatic rings. The van der Waals surface area contributed by atoms with Crippen LogP contribution in [0.2, 0.25) is 0 Å². The molecule has 0 spiro atoms. The van der Waals surface area contributed by atoms with Crippen LogP contribution in [-0.4, -0.2) is 32.9 Å². The molecule has 9 heteroatoms. The van der Waals surface area contributed by atoms with Gasteiger partial charge in [0.25, 0.3) is 0 Å². The number of phenols is 1. The summed E-state index contributed by atoms with van der Waals surface area (Å²) in [7, 11) is 0. The zero-order chi connectivity index (χ0) is 18.2. The fourth-order valence-corrected chi connectivity index (χ4v) is 2.83. The molecule has 6 nitrogen and oxygen atoms in total. The third-order valence-corrected chi connectivity index (χ3v) is 4.26. The van der Waals surface area contributed by atoms with E-state index in [9.17, 15) is 18.3 Å². The number of nitrogens with two attached hydrogens (primary N) is 1. The number of nitrogens with one attached hydrogen (secondary N) is 1. The summed E-state index contributed by atoms with van der Waals surface area (Å²) < 4.78 is 38.0. The molecule has 1 aliphatic carbocycles. The summed E-state index contributed by atoms with van der Waals surface area (Å²) in [6, 6.07) is 2.99. The topological polar surface area (TPSA) is 97.0 Å². The molecule has 1 heterocycles. The molecule has 3 rings (SSSR count). The molecule has 0 amide bonds. The van der Waals surface area contributed by atoms with Crippen LogP contribution in [-0.2, 0) is 6.18 Å². The first-order valence-electron chi connectivity index (χ1n) is 7.85. The third-order valence-electron chi connectivity index (χ3n) is 4.26. The number of hydrogen-bond donors (Lipinski definition) is 3. The van der Waals surface area contributed by atoms with Crippen LogP contribution in [0.3, 0.4) is 0 Å². The predicted molar refractivity (Wildman–Crippen MR) is 85.9 cm³/mol. The second kappa shape index (κ2) is 6.47. The van der Waals surface area contributed by atoms with Crippen LogP contribution in [0.25, 0.3) is 11.3 Å². The van der Waals surface area contributed by atoms with Gasteiger partial charge in [0.05, 0.1) is 11.3 Å². The van der Waals surface area contributed by atoms with E-state index < -0.39 is 17.5 Å². The van der Waals surface area contributed by atoms with Crippen molar-refractivity contribution in [3.63, 3.8) is 0 Å². The van der Waals surface area contributed by atoms with E-state index >= 15 is 0 Å². The van der Waals surface area contributed by atoms with Crippen LogP contribution in [0.4, 0.5) is 19.1 Å². The summed E-state index contributed by atoms with van der Waals surface area (Å²) in [5, 5.41) is 20.9. The minimum atomic E-state index is -4.52. The number of aromatic hydroxyl groups is 1. The Morgan fingerprint density at radius 1 is 1.28 bits per heavy atom. The van der Waals surface area contributed by atoms with Crippen molar-refractivity contribution in [2.75, 3.05) is 11.9 Å². The predicted octanol–water partition coefficient (Wildman–Crippen LogP) is 2.72. The largest absolute Gasteiger partial charge is 0.507 e. The smallest absolute Gasteiger partial charge is 0.416 e. The van der Waals surface area contributed by atoms with Gasteiger partial charge in [-0.25, -0.2) is 4.98 Å². The van der Waals surface area contributed by atoms with E-state index in [0.29, 0.717) is 30.2 Å². The molecule has 0 saturated heterocycles. The average Bonchev–Trinajstić information content (AvgIpc) is 2.50. The molecule has 25 heavy (non-hydrogen) atoms. The van der Waals surface area contributed by atoms with Crippen molar-refractivity contribution in [1.29, 1.82) is 0 Å².